The first-order valence-corrected chi connectivity index (χ1v) is 13.3. The second-order valence-corrected chi connectivity index (χ2v) is 9.71. The average molecular weight is 524 g/mol. The molecular weight excluding hydrogens is 496 g/mol. The van der Waals surface area contributed by atoms with E-state index < -0.39 is 23.6 Å². The zero-order valence-electron chi connectivity index (χ0n) is 21.7. The molecule has 0 spiro atoms. The van der Waals surface area contributed by atoms with E-state index in [0.29, 0.717) is 22.4 Å². The number of carbonyl (C=O) groups excluding carboxylic acids is 1. The molecule has 196 valence electrons. The van der Waals surface area contributed by atoms with Crippen molar-refractivity contribution < 1.29 is 19.4 Å². The van der Waals surface area contributed by atoms with Crippen molar-refractivity contribution in [3.05, 3.63) is 179 Å². The Bertz CT molecular complexity index is 1600. The quantitative estimate of drug-likeness (QED) is 0.139. The molecule has 0 amide bonds. The van der Waals surface area contributed by atoms with Gasteiger partial charge < -0.3 is 14.6 Å². The number of para-hydroxylation sites is 1. The lowest BCUT2D eigenvalue weighted by atomic mass is 9.73. The van der Waals surface area contributed by atoms with Crippen LogP contribution in [0, 0.1) is 0 Å². The summed E-state index contributed by atoms with van der Waals surface area (Å²) in [6.45, 7) is 0. The molecule has 3 atom stereocenters. The number of hydrogen-bond donors (Lipinski definition) is 0. The molecule has 5 aromatic rings. The standard InChI is InChI=1S/C36H28O4/c37-33(27-18-8-2-9-19-27)31-32(26-16-6-1-7-17-26)36(29-22-12-4-13-23-29,35(38)39-30-24-14-5-15-25-30)40-34(31)28-20-10-3-11-21-28/h1-25,32,34,37H/p-1/b33-31+/t32-,34-,36-/m1/s1. The lowest BCUT2D eigenvalue weighted by Crippen LogP contribution is -2.43. The highest BCUT2D eigenvalue weighted by Gasteiger charge is 2.60. The van der Waals surface area contributed by atoms with E-state index in [1.807, 2.05) is 127 Å². The molecular formula is C36H27O4-. The van der Waals surface area contributed by atoms with Crippen molar-refractivity contribution in [3.63, 3.8) is 0 Å². The Hall–Kier alpha value is -4.93. The molecule has 1 heterocycles. The van der Waals surface area contributed by atoms with Crippen LogP contribution >= 0.6 is 0 Å². The van der Waals surface area contributed by atoms with Crippen molar-refractivity contribution in [3.8, 4) is 5.75 Å². The number of esters is 1. The maximum Gasteiger partial charge on any atom is 0.349 e. The first kappa shape index (κ1) is 25.4. The Kier molecular flexibility index (Phi) is 7.00. The minimum Gasteiger partial charge on any atom is -0.872 e. The van der Waals surface area contributed by atoms with Crippen molar-refractivity contribution in [2.75, 3.05) is 0 Å². The van der Waals surface area contributed by atoms with Gasteiger partial charge in [-0.2, -0.15) is 0 Å². The third kappa shape index (κ3) is 4.59. The van der Waals surface area contributed by atoms with Crippen molar-refractivity contribution in [1.82, 2.24) is 0 Å². The summed E-state index contributed by atoms with van der Waals surface area (Å²) in [5.41, 5.74) is 1.56. The van der Waals surface area contributed by atoms with Crippen LogP contribution in [0.25, 0.3) is 5.76 Å². The van der Waals surface area contributed by atoms with Gasteiger partial charge in [0.25, 0.3) is 0 Å². The Balaban J connectivity index is 1.66. The maximum absolute atomic E-state index is 14.5. The maximum atomic E-state index is 14.5. The van der Waals surface area contributed by atoms with Gasteiger partial charge in [0, 0.05) is 0 Å². The van der Waals surface area contributed by atoms with Crippen LogP contribution in [0.2, 0.25) is 0 Å². The third-order valence-corrected chi connectivity index (χ3v) is 7.30. The van der Waals surface area contributed by atoms with Gasteiger partial charge >= 0.3 is 5.97 Å². The normalized spacial score (nSPS) is 21.5. The van der Waals surface area contributed by atoms with Gasteiger partial charge in [-0.15, -0.1) is 0 Å². The van der Waals surface area contributed by atoms with Crippen LogP contribution in [0.5, 0.6) is 5.75 Å². The molecule has 0 N–H and O–H groups in total. The summed E-state index contributed by atoms with van der Waals surface area (Å²) < 4.78 is 13.0. The molecule has 0 saturated carbocycles. The Labute approximate surface area is 233 Å². The summed E-state index contributed by atoms with van der Waals surface area (Å²) in [6.07, 6.45) is -0.789. The van der Waals surface area contributed by atoms with Crippen LogP contribution in [0.1, 0.15) is 34.3 Å². The largest absolute Gasteiger partial charge is 0.872 e. The van der Waals surface area contributed by atoms with E-state index in [2.05, 4.69) is 0 Å². The molecule has 0 radical (unpaired) electrons. The van der Waals surface area contributed by atoms with E-state index in [0.717, 1.165) is 11.1 Å². The molecule has 6 rings (SSSR count). The van der Waals surface area contributed by atoms with Crippen molar-refractivity contribution >= 4 is 11.7 Å². The topological polar surface area (TPSA) is 58.6 Å². The van der Waals surface area contributed by atoms with Crippen LogP contribution in [-0.4, -0.2) is 5.97 Å². The first-order chi connectivity index (χ1) is 19.7. The lowest BCUT2D eigenvalue weighted by molar-refractivity contribution is -0.245. The predicted molar refractivity (Wildman–Crippen MR) is 153 cm³/mol. The fourth-order valence-electron chi connectivity index (χ4n) is 5.50. The van der Waals surface area contributed by atoms with Gasteiger partial charge in [0.1, 0.15) is 11.9 Å². The van der Waals surface area contributed by atoms with Crippen molar-refractivity contribution in [2.45, 2.75) is 17.6 Å². The molecule has 40 heavy (non-hydrogen) atoms. The fourth-order valence-corrected chi connectivity index (χ4v) is 5.50. The molecule has 5 aromatic carbocycles. The molecule has 0 bridgehead atoms. The van der Waals surface area contributed by atoms with Crippen LogP contribution in [-0.2, 0) is 15.1 Å². The number of rotatable bonds is 6. The second kappa shape index (κ2) is 11.0. The van der Waals surface area contributed by atoms with Gasteiger partial charge in [-0.05, 0) is 40.0 Å². The molecule has 0 unspecified atom stereocenters. The van der Waals surface area contributed by atoms with E-state index in [1.165, 1.54) is 0 Å². The molecule has 4 heteroatoms. The van der Waals surface area contributed by atoms with Gasteiger partial charge in [-0.1, -0.05) is 145 Å². The van der Waals surface area contributed by atoms with Crippen LogP contribution in [0.3, 0.4) is 0 Å². The summed E-state index contributed by atoms with van der Waals surface area (Å²) in [5.74, 6) is -1.12. The zero-order valence-corrected chi connectivity index (χ0v) is 21.7. The minimum absolute atomic E-state index is 0.173. The van der Waals surface area contributed by atoms with E-state index >= 15 is 0 Å². The SMILES string of the molecule is O=C(Oc1ccccc1)[C@]1(c2ccccc2)O[C@H](c2ccccc2)/C(=C(/[O-])c2ccccc2)[C@H]1c1ccccc1. The van der Waals surface area contributed by atoms with Gasteiger partial charge in [0.15, 0.2) is 0 Å². The first-order valence-electron chi connectivity index (χ1n) is 13.3. The summed E-state index contributed by atoms with van der Waals surface area (Å²) in [4.78, 5) is 14.5. The van der Waals surface area contributed by atoms with E-state index in [4.69, 9.17) is 9.47 Å². The van der Waals surface area contributed by atoms with Gasteiger partial charge in [-0.25, -0.2) is 4.79 Å². The Morgan fingerprint density at radius 2 is 1.10 bits per heavy atom. The molecule has 1 aliphatic heterocycles. The predicted octanol–water partition coefficient (Wildman–Crippen LogP) is 6.81. The highest BCUT2D eigenvalue weighted by molar-refractivity contribution is 5.88. The Morgan fingerprint density at radius 1 is 0.625 bits per heavy atom. The lowest BCUT2D eigenvalue weighted by Gasteiger charge is -2.34. The average Bonchev–Trinajstić information content (AvgIpc) is 3.40. The summed E-state index contributed by atoms with van der Waals surface area (Å²) >= 11 is 0. The number of hydrogen-bond acceptors (Lipinski definition) is 4. The third-order valence-electron chi connectivity index (χ3n) is 7.30. The van der Waals surface area contributed by atoms with E-state index in [1.54, 1.807) is 24.3 Å². The summed E-state index contributed by atoms with van der Waals surface area (Å²) in [6, 6.07) is 46.6. The molecule has 0 aromatic heterocycles. The highest BCUT2D eigenvalue weighted by atomic mass is 16.6. The molecule has 0 aliphatic carbocycles. The molecule has 1 fully saturated rings. The van der Waals surface area contributed by atoms with Crippen molar-refractivity contribution in [1.29, 1.82) is 0 Å². The van der Waals surface area contributed by atoms with Gasteiger partial charge in [0.05, 0.1) is 5.92 Å². The van der Waals surface area contributed by atoms with Crippen molar-refractivity contribution in [2.24, 2.45) is 0 Å². The van der Waals surface area contributed by atoms with Crippen LogP contribution < -0.4 is 9.84 Å². The smallest absolute Gasteiger partial charge is 0.349 e. The monoisotopic (exact) mass is 523 g/mol. The number of ether oxygens (including phenoxy) is 2. The van der Waals surface area contributed by atoms with E-state index in [-0.39, 0.29) is 5.76 Å². The number of carbonyl (C=O) groups is 1. The second-order valence-electron chi connectivity index (χ2n) is 9.71. The number of benzene rings is 5. The summed E-state index contributed by atoms with van der Waals surface area (Å²) in [5, 5.41) is 14.4. The minimum atomic E-state index is -1.64. The zero-order chi connectivity index (χ0) is 27.4. The molecule has 1 saturated heterocycles. The van der Waals surface area contributed by atoms with Crippen LogP contribution in [0.15, 0.2) is 157 Å². The summed E-state index contributed by atoms with van der Waals surface area (Å²) in [7, 11) is 0. The Morgan fingerprint density at radius 3 is 1.68 bits per heavy atom. The molecule has 4 nitrogen and oxygen atoms in total. The highest BCUT2D eigenvalue weighted by Crippen LogP contribution is 2.59. The van der Waals surface area contributed by atoms with E-state index in [9.17, 15) is 9.90 Å². The fraction of sp³-hybridized carbons (Fsp3) is 0.0833. The molecule has 1 aliphatic rings. The van der Waals surface area contributed by atoms with Crippen LogP contribution in [0.4, 0.5) is 0 Å². The van der Waals surface area contributed by atoms with Gasteiger partial charge in [-0.3, -0.25) is 0 Å². The van der Waals surface area contributed by atoms with Gasteiger partial charge in [0.2, 0.25) is 5.60 Å².